The van der Waals surface area contributed by atoms with Gasteiger partial charge in [0.25, 0.3) is 0 Å². The van der Waals surface area contributed by atoms with Crippen molar-refractivity contribution in [2.24, 2.45) is 5.92 Å². The predicted octanol–water partition coefficient (Wildman–Crippen LogP) is 2.57. The molecule has 4 rings (SSSR count). The number of piperidine rings is 1. The molecule has 0 spiro atoms. The van der Waals surface area contributed by atoms with E-state index in [9.17, 15) is 13.2 Å². The number of carbonyl (C=O) groups excluding carboxylic acids is 1. The molecule has 0 aliphatic carbocycles. The molecule has 2 saturated heterocycles. The number of nitrogens with zero attached hydrogens (tertiary/aromatic N) is 2. The Kier molecular flexibility index (Phi) is 6.98. The van der Waals surface area contributed by atoms with Gasteiger partial charge in [0.05, 0.1) is 31.1 Å². The minimum atomic E-state index is -3.66. The highest BCUT2D eigenvalue weighted by Gasteiger charge is 2.33. The van der Waals surface area contributed by atoms with Crippen molar-refractivity contribution < 1.29 is 22.7 Å². The molecule has 2 aromatic rings. The van der Waals surface area contributed by atoms with Crippen LogP contribution in [0.5, 0.6) is 5.75 Å². The minimum absolute atomic E-state index is 0.154. The Balaban J connectivity index is 1.38. The molecule has 0 radical (unpaired) electrons. The van der Waals surface area contributed by atoms with Crippen LogP contribution in [-0.2, 0) is 19.6 Å². The van der Waals surface area contributed by atoms with E-state index in [1.54, 1.807) is 12.1 Å². The molecule has 2 aromatic carbocycles. The molecule has 8 nitrogen and oxygen atoms in total. The van der Waals surface area contributed by atoms with E-state index in [-0.39, 0.29) is 17.3 Å². The van der Waals surface area contributed by atoms with Crippen molar-refractivity contribution in [1.82, 2.24) is 4.31 Å². The summed E-state index contributed by atoms with van der Waals surface area (Å²) in [5.74, 6) is 0.0499. The molecule has 0 bridgehead atoms. The number of carbonyl (C=O) groups is 1. The van der Waals surface area contributed by atoms with Crippen LogP contribution < -0.4 is 15.0 Å². The molecule has 2 heterocycles. The molecule has 0 aromatic heterocycles. The molecule has 0 saturated carbocycles. The third-order valence-corrected chi connectivity index (χ3v) is 7.84. The number of amides is 1. The van der Waals surface area contributed by atoms with Crippen LogP contribution in [-0.4, -0.2) is 65.1 Å². The Bertz CT molecular complexity index is 1020. The van der Waals surface area contributed by atoms with Gasteiger partial charge in [-0.3, -0.25) is 4.79 Å². The molecular weight excluding hydrogens is 430 g/mol. The van der Waals surface area contributed by atoms with Gasteiger partial charge in [0.1, 0.15) is 5.75 Å². The maximum Gasteiger partial charge on any atom is 0.243 e. The van der Waals surface area contributed by atoms with E-state index >= 15 is 0 Å². The number of anilines is 2. The van der Waals surface area contributed by atoms with Crippen LogP contribution in [0.3, 0.4) is 0 Å². The molecule has 0 unspecified atom stereocenters. The molecule has 2 aliphatic heterocycles. The third kappa shape index (κ3) is 5.06. The highest BCUT2D eigenvalue weighted by molar-refractivity contribution is 7.89. The topological polar surface area (TPSA) is 88.2 Å². The van der Waals surface area contributed by atoms with Crippen molar-refractivity contribution in [2.75, 3.05) is 56.7 Å². The standard InChI is InChI=1S/C23H29N3O5S/c1-30-21-8-10-22(11-9-21)32(28,29)26-12-2-3-18(17-26)23(27)24-19-4-6-20(7-5-19)25-13-15-31-16-14-25/h4-11,18H,2-3,12-17H2,1H3,(H,24,27)/t18-/m0/s1. The van der Waals surface area contributed by atoms with Crippen LogP contribution in [0.1, 0.15) is 12.8 Å². The Morgan fingerprint density at radius 3 is 2.38 bits per heavy atom. The number of sulfonamides is 1. The number of hydrogen-bond donors (Lipinski definition) is 1. The van der Waals surface area contributed by atoms with E-state index in [1.165, 1.54) is 23.5 Å². The molecular formula is C23H29N3O5S. The maximum absolute atomic E-state index is 13.0. The van der Waals surface area contributed by atoms with E-state index in [0.717, 1.165) is 32.0 Å². The van der Waals surface area contributed by atoms with Crippen LogP contribution in [0.2, 0.25) is 0 Å². The third-order valence-electron chi connectivity index (χ3n) is 5.96. The Labute approximate surface area is 189 Å². The van der Waals surface area contributed by atoms with Gasteiger partial charge in [-0.1, -0.05) is 0 Å². The summed E-state index contributed by atoms with van der Waals surface area (Å²) in [6, 6.07) is 14.1. The zero-order chi connectivity index (χ0) is 22.6. The van der Waals surface area contributed by atoms with E-state index in [0.29, 0.717) is 30.8 Å². The maximum atomic E-state index is 13.0. The number of benzene rings is 2. The van der Waals surface area contributed by atoms with Crippen molar-refractivity contribution in [1.29, 1.82) is 0 Å². The first-order valence-electron chi connectivity index (χ1n) is 10.9. The van der Waals surface area contributed by atoms with Gasteiger partial charge in [-0.2, -0.15) is 4.31 Å². The summed E-state index contributed by atoms with van der Waals surface area (Å²) in [6.07, 6.45) is 1.30. The van der Waals surface area contributed by atoms with Crippen LogP contribution in [0.25, 0.3) is 0 Å². The summed E-state index contributed by atoms with van der Waals surface area (Å²) < 4.78 is 38.0. The zero-order valence-electron chi connectivity index (χ0n) is 18.2. The van der Waals surface area contributed by atoms with E-state index in [1.807, 2.05) is 24.3 Å². The average Bonchev–Trinajstić information content (AvgIpc) is 2.85. The highest BCUT2D eigenvalue weighted by atomic mass is 32.2. The number of methoxy groups -OCH3 is 1. The quantitative estimate of drug-likeness (QED) is 0.714. The van der Waals surface area contributed by atoms with Gasteiger partial charge in [-0.05, 0) is 61.4 Å². The highest BCUT2D eigenvalue weighted by Crippen LogP contribution is 2.26. The number of ether oxygens (including phenoxy) is 2. The second-order valence-corrected chi connectivity index (χ2v) is 9.95. The summed E-state index contributed by atoms with van der Waals surface area (Å²) in [5.41, 5.74) is 1.81. The second-order valence-electron chi connectivity index (χ2n) is 8.01. The second kappa shape index (κ2) is 9.89. The van der Waals surface area contributed by atoms with Crippen molar-refractivity contribution in [3.05, 3.63) is 48.5 Å². The van der Waals surface area contributed by atoms with Gasteiger partial charge >= 0.3 is 0 Å². The number of nitrogens with one attached hydrogen (secondary N) is 1. The first kappa shape index (κ1) is 22.6. The number of rotatable bonds is 6. The van der Waals surface area contributed by atoms with Gasteiger partial charge in [0, 0.05) is 37.6 Å². The smallest absolute Gasteiger partial charge is 0.243 e. The lowest BCUT2D eigenvalue weighted by Gasteiger charge is -2.31. The summed E-state index contributed by atoms with van der Waals surface area (Å²) in [4.78, 5) is 15.3. The first-order chi connectivity index (χ1) is 15.5. The van der Waals surface area contributed by atoms with Crippen LogP contribution >= 0.6 is 0 Å². The van der Waals surface area contributed by atoms with Crippen LogP contribution in [0, 0.1) is 5.92 Å². The molecule has 2 fully saturated rings. The van der Waals surface area contributed by atoms with E-state index in [2.05, 4.69) is 10.2 Å². The molecule has 1 N–H and O–H groups in total. The van der Waals surface area contributed by atoms with Crippen LogP contribution in [0.4, 0.5) is 11.4 Å². The lowest BCUT2D eigenvalue weighted by atomic mass is 9.98. The predicted molar refractivity (Wildman–Crippen MR) is 123 cm³/mol. The summed E-state index contributed by atoms with van der Waals surface area (Å²) in [7, 11) is -2.13. The van der Waals surface area contributed by atoms with Crippen molar-refractivity contribution in [3.8, 4) is 5.75 Å². The number of hydrogen-bond acceptors (Lipinski definition) is 6. The van der Waals surface area contributed by atoms with Crippen molar-refractivity contribution >= 4 is 27.3 Å². The molecule has 1 atom stereocenters. The normalized spacial score (nSPS) is 20.0. The SMILES string of the molecule is COc1ccc(S(=O)(=O)N2CCC[C@H](C(=O)Nc3ccc(N4CCOCC4)cc3)C2)cc1. The lowest BCUT2D eigenvalue weighted by molar-refractivity contribution is -0.120. The van der Waals surface area contributed by atoms with E-state index in [4.69, 9.17) is 9.47 Å². The Morgan fingerprint density at radius 2 is 1.72 bits per heavy atom. The van der Waals surface area contributed by atoms with Gasteiger partial charge in [0.15, 0.2) is 0 Å². The Morgan fingerprint density at radius 1 is 1.03 bits per heavy atom. The van der Waals surface area contributed by atoms with Gasteiger partial charge in [0.2, 0.25) is 15.9 Å². The molecule has 172 valence electrons. The number of morpholine rings is 1. The van der Waals surface area contributed by atoms with Crippen LogP contribution in [0.15, 0.2) is 53.4 Å². The lowest BCUT2D eigenvalue weighted by Crippen LogP contribution is -2.43. The Hall–Kier alpha value is -2.62. The fourth-order valence-corrected chi connectivity index (χ4v) is 5.62. The largest absolute Gasteiger partial charge is 0.497 e. The van der Waals surface area contributed by atoms with E-state index < -0.39 is 15.9 Å². The van der Waals surface area contributed by atoms with Crippen molar-refractivity contribution in [2.45, 2.75) is 17.7 Å². The summed E-state index contributed by atoms with van der Waals surface area (Å²) in [5, 5.41) is 2.95. The minimum Gasteiger partial charge on any atom is -0.497 e. The first-order valence-corrected chi connectivity index (χ1v) is 12.3. The molecule has 9 heteroatoms. The monoisotopic (exact) mass is 459 g/mol. The van der Waals surface area contributed by atoms with Gasteiger partial charge in [-0.25, -0.2) is 8.42 Å². The van der Waals surface area contributed by atoms with Gasteiger partial charge < -0.3 is 19.7 Å². The average molecular weight is 460 g/mol. The fraction of sp³-hybridized carbons (Fsp3) is 0.435. The molecule has 2 aliphatic rings. The summed E-state index contributed by atoms with van der Waals surface area (Å²) >= 11 is 0. The molecule has 1 amide bonds. The van der Waals surface area contributed by atoms with Gasteiger partial charge in [-0.15, -0.1) is 0 Å². The molecule has 32 heavy (non-hydrogen) atoms. The summed E-state index contributed by atoms with van der Waals surface area (Å²) in [6.45, 7) is 3.73. The van der Waals surface area contributed by atoms with Crippen molar-refractivity contribution in [3.63, 3.8) is 0 Å². The fourth-order valence-electron chi connectivity index (χ4n) is 4.09. The zero-order valence-corrected chi connectivity index (χ0v) is 19.0.